The Bertz CT molecular complexity index is 740. The summed E-state index contributed by atoms with van der Waals surface area (Å²) in [7, 11) is 0. The molecule has 1 heteroatoms. The van der Waals surface area contributed by atoms with E-state index in [1.165, 1.54) is 88.2 Å². The highest BCUT2D eigenvalue weighted by Crippen LogP contribution is 2.38. The first-order valence-electron chi connectivity index (χ1n) is 13.2. The lowest BCUT2D eigenvalue weighted by Gasteiger charge is -2.29. The van der Waals surface area contributed by atoms with E-state index in [0.29, 0.717) is 11.8 Å². The minimum absolute atomic E-state index is 0.0481. The lowest BCUT2D eigenvalue weighted by molar-refractivity contribution is 0.286. The number of hydrogen-bond donors (Lipinski definition) is 0. The van der Waals surface area contributed by atoms with Gasteiger partial charge in [-0.3, -0.25) is 0 Å². The molecule has 0 atom stereocenters. The van der Waals surface area contributed by atoms with Crippen molar-refractivity contribution in [3.05, 3.63) is 52.9 Å². The van der Waals surface area contributed by atoms with Crippen molar-refractivity contribution in [3.8, 4) is 0 Å². The van der Waals surface area contributed by atoms with Crippen LogP contribution in [0.25, 0.3) is 5.57 Å². The molecule has 0 heterocycles. The van der Waals surface area contributed by atoms with Crippen LogP contribution in [0, 0.1) is 23.6 Å². The molecule has 172 valence electrons. The highest BCUT2D eigenvalue weighted by Gasteiger charge is 2.23. The molecule has 0 aromatic heterocycles. The number of rotatable bonds is 8. The van der Waals surface area contributed by atoms with Crippen LogP contribution in [0.5, 0.6) is 0 Å². The zero-order chi connectivity index (χ0) is 22.2. The Morgan fingerprint density at radius 3 is 1.97 bits per heavy atom. The molecular formula is C30H45F. The smallest absolute Gasteiger partial charge is 0.130 e. The van der Waals surface area contributed by atoms with Crippen LogP contribution in [0.15, 0.2) is 35.9 Å². The molecule has 0 bridgehead atoms. The molecule has 2 aliphatic carbocycles. The highest BCUT2D eigenvalue weighted by atomic mass is 19.1. The van der Waals surface area contributed by atoms with Crippen LogP contribution < -0.4 is 0 Å². The molecule has 0 spiro atoms. The Balaban J connectivity index is 1.59. The summed E-state index contributed by atoms with van der Waals surface area (Å²) in [5.41, 5.74) is 4.48. The van der Waals surface area contributed by atoms with E-state index >= 15 is 0 Å². The summed E-state index contributed by atoms with van der Waals surface area (Å²) < 4.78 is 15.0. The first-order valence-corrected chi connectivity index (χ1v) is 13.2. The van der Waals surface area contributed by atoms with Gasteiger partial charge in [-0.1, -0.05) is 69.4 Å². The third kappa shape index (κ3) is 6.80. The molecule has 2 aliphatic rings. The molecule has 31 heavy (non-hydrogen) atoms. The predicted octanol–water partition coefficient (Wildman–Crippen LogP) is 9.86. The number of halogens is 1. The molecule has 0 nitrogen and oxygen atoms in total. The van der Waals surface area contributed by atoms with Crippen molar-refractivity contribution in [1.82, 2.24) is 0 Å². The first kappa shape index (κ1) is 24.3. The van der Waals surface area contributed by atoms with E-state index in [4.69, 9.17) is 0 Å². The largest absolute Gasteiger partial charge is 0.206 e. The maximum absolute atomic E-state index is 15.0. The lowest BCUT2D eigenvalue weighted by atomic mass is 9.77. The summed E-state index contributed by atoms with van der Waals surface area (Å²) in [6, 6.07) is 6.03. The first-order chi connectivity index (χ1) is 15.0. The van der Waals surface area contributed by atoms with Gasteiger partial charge in [-0.2, -0.15) is 0 Å². The van der Waals surface area contributed by atoms with Crippen molar-refractivity contribution in [2.45, 2.75) is 111 Å². The van der Waals surface area contributed by atoms with Crippen LogP contribution >= 0.6 is 0 Å². The monoisotopic (exact) mass is 424 g/mol. The summed E-state index contributed by atoms with van der Waals surface area (Å²) in [6.07, 6.45) is 20.2. The summed E-state index contributed by atoms with van der Waals surface area (Å²) in [5, 5.41) is 0. The van der Waals surface area contributed by atoms with E-state index in [9.17, 15) is 4.39 Å². The van der Waals surface area contributed by atoms with E-state index in [1.807, 2.05) is 12.1 Å². The summed E-state index contributed by atoms with van der Waals surface area (Å²) in [5.74, 6) is 3.05. The molecule has 0 unspecified atom stereocenters. The maximum Gasteiger partial charge on any atom is 0.130 e. The van der Waals surface area contributed by atoms with Crippen LogP contribution in [0.2, 0.25) is 0 Å². The van der Waals surface area contributed by atoms with Crippen LogP contribution in [-0.2, 0) is 0 Å². The number of allylic oxidation sites excluding steroid dienone is 4. The molecular weight excluding hydrogens is 379 g/mol. The van der Waals surface area contributed by atoms with Gasteiger partial charge in [-0.25, -0.2) is 4.39 Å². The molecule has 3 rings (SSSR count). The average molecular weight is 425 g/mol. The lowest BCUT2D eigenvalue weighted by Crippen LogP contribution is -2.15. The van der Waals surface area contributed by atoms with E-state index in [0.717, 1.165) is 23.0 Å². The zero-order valence-electron chi connectivity index (χ0n) is 20.6. The van der Waals surface area contributed by atoms with Gasteiger partial charge in [0.15, 0.2) is 0 Å². The van der Waals surface area contributed by atoms with Gasteiger partial charge in [0.25, 0.3) is 0 Å². The van der Waals surface area contributed by atoms with Gasteiger partial charge in [0.2, 0.25) is 0 Å². The molecule has 1 aromatic carbocycles. The van der Waals surface area contributed by atoms with Gasteiger partial charge in [0, 0.05) is 5.56 Å². The minimum atomic E-state index is -0.0481. The molecule has 2 saturated carbocycles. The maximum atomic E-state index is 15.0. The second-order valence-corrected chi connectivity index (χ2v) is 10.5. The SMILES string of the molecule is CCCC1CCC(C(C)=CC=C(C)c2ccc(C3CCC(CCC)CC3)cc2F)CC1. The van der Waals surface area contributed by atoms with Crippen molar-refractivity contribution in [3.63, 3.8) is 0 Å². The van der Waals surface area contributed by atoms with Gasteiger partial charge in [-0.15, -0.1) is 0 Å². The summed E-state index contributed by atoms with van der Waals surface area (Å²) in [6.45, 7) is 8.90. The molecule has 2 fully saturated rings. The second kappa shape index (κ2) is 12.0. The Morgan fingerprint density at radius 2 is 1.42 bits per heavy atom. The highest BCUT2D eigenvalue weighted by molar-refractivity contribution is 5.66. The minimum Gasteiger partial charge on any atom is -0.206 e. The molecule has 0 N–H and O–H groups in total. The molecule has 0 amide bonds. The summed E-state index contributed by atoms with van der Waals surface area (Å²) >= 11 is 0. The van der Waals surface area contributed by atoms with Crippen molar-refractivity contribution in [1.29, 1.82) is 0 Å². The van der Waals surface area contributed by atoms with E-state index in [-0.39, 0.29) is 5.82 Å². The fraction of sp³-hybridized carbons (Fsp3) is 0.667. The Hall–Kier alpha value is -1.37. The molecule has 1 aromatic rings. The van der Waals surface area contributed by atoms with E-state index in [2.05, 4.69) is 45.9 Å². The molecule has 0 radical (unpaired) electrons. The Labute approximate surface area is 191 Å². The Morgan fingerprint density at radius 1 is 0.839 bits per heavy atom. The van der Waals surface area contributed by atoms with Crippen molar-refractivity contribution in [2.24, 2.45) is 17.8 Å². The van der Waals surface area contributed by atoms with Gasteiger partial charge >= 0.3 is 0 Å². The normalized spacial score (nSPS) is 28.0. The van der Waals surface area contributed by atoms with E-state index in [1.54, 1.807) is 0 Å². The van der Waals surface area contributed by atoms with Gasteiger partial charge in [0.05, 0.1) is 0 Å². The third-order valence-electron chi connectivity index (χ3n) is 8.22. The second-order valence-electron chi connectivity index (χ2n) is 10.5. The number of benzene rings is 1. The quantitative estimate of drug-likeness (QED) is 0.364. The van der Waals surface area contributed by atoms with Crippen molar-refractivity contribution < 1.29 is 4.39 Å². The van der Waals surface area contributed by atoms with Crippen molar-refractivity contribution in [2.75, 3.05) is 0 Å². The third-order valence-corrected chi connectivity index (χ3v) is 8.22. The fourth-order valence-electron chi connectivity index (χ4n) is 6.09. The molecule has 0 saturated heterocycles. The van der Waals surface area contributed by atoms with Crippen LogP contribution in [0.4, 0.5) is 4.39 Å². The number of hydrogen-bond acceptors (Lipinski definition) is 0. The fourth-order valence-corrected chi connectivity index (χ4v) is 6.09. The van der Waals surface area contributed by atoms with Gasteiger partial charge in [0.1, 0.15) is 5.82 Å². The topological polar surface area (TPSA) is 0 Å². The zero-order valence-corrected chi connectivity index (χ0v) is 20.6. The molecule has 0 aliphatic heterocycles. The predicted molar refractivity (Wildman–Crippen MR) is 134 cm³/mol. The summed E-state index contributed by atoms with van der Waals surface area (Å²) in [4.78, 5) is 0. The van der Waals surface area contributed by atoms with Crippen molar-refractivity contribution >= 4 is 5.57 Å². The van der Waals surface area contributed by atoms with Crippen LogP contribution in [0.3, 0.4) is 0 Å². The van der Waals surface area contributed by atoms with E-state index < -0.39 is 0 Å². The Kier molecular flexibility index (Phi) is 9.42. The van der Waals surface area contributed by atoms with Crippen LogP contribution in [-0.4, -0.2) is 0 Å². The van der Waals surface area contributed by atoms with Gasteiger partial charge in [-0.05, 0) is 106 Å². The van der Waals surface area contributed by atoms with Crippen LogP contribution in [0.1, 0.15) is 122 Å². The van der Waals surface area contributed by atoms with Gasteiger partial charge < -0.3 is 0 Å². The standard InChI is InChI=1S/C30H45F/c1-5-7-24-11-15-26(16-12-24)22(3)9-10-23(4)29-20-19-28(21-30(29)31)27-17-13-25(8-6-2)14-18-27/h9-10,19-21,24-27H,5-8,11-18H2,1-4H3. The average Bonchev–Trinajstić information content (AvgIpc) is 2.78.